The number of hydrogen-bond acceptors (Lipinski definition) is 5. The lowest BCUT2D eigenvalue weighted by atomic mass is 10.2. The van der Waals surface area contributed by atoms with Crippen LogP contribution in [-0.4, -0.2) is 34.2 Å². The van der Waals surface area contributed by atoms with Gasteiger partial charge in [0.1, 0.15) is 12.0 Å². The molecule has 0 aliphatic rings. The van der Waals surface area contributed by atoms with Crippen molar-refractivity contribution < 1.29 is 22.1 Å². The zero-order valence-electron chi connectivity index (χ0n) is 9.46. The van der Waals surface area contributed by atoms with Crippen molar-refractivity contribution in [1.82, 2.24) is 0 Å². The van der Waals surface area contributed by atoms with Crippen LogP contribution in [0.1, 0.15) is 16.8 Å². The molecule has 0 unspecified atom stereocenters. The van der Waals surface area contributed by atoms with Gasteiger partial charge in [-0.3, -0.25) is 8.98 Å². The third kappa shape index (κ3) is 6.03. The number of hydrogen-bond donors (Lipinski definition) is 0. The smallest absolute Gasteiger partial charge is 0.264 e. The molecule has 0 spiro atoms. The summed E-state index contributed by atoms with van der Waals surface area (Å²) in [4.78, 5) is 10.5. The predicted molar refractivity (Wildman–Crippen MR) is 62.7 cm³/mol. The van der Waals surface area contributed by atoms with Crippen molar-refractivity contribution in [3.8, 4) is 5.75 Å². The van der Waals surface area contributed by atoms with Crippen LogP contribution in [0.25, 0.3) is 0 Å². The zero-order chi connectivity index (χ0) is 12.7. The maximum Gasteiger partial charge on any atom is 0.264 e. The maximum atomic E-state index is 10.6. The summed E-state index contributed by atoms with van der Waals surface area (Å²) >= 11 is 0. The normalized spacial score (nSPS) is 11.1. The quantitative estimate of drug-likeness (QED) is 0.418. The molecule has 0 fully saturated rings. The molecule has 0 saturated heterocycles. The summed E-state index contributed by atoms with van der Waals surface area (Å²) in [7, 11) is -3.38. The zero-order valence-corrected chi connectivity index (χ0v) is 10.3. The molecule has 0 heterocycles. The van der Waals surface area contributed by atoms with E-state index < -0.39 is 10.1 Å². The Morgan fingerprint density at radius 3 is 2.71 bits per heavy atom. The summed E-state index contributed by atoms with van der Waals surface area (Å²) in [6.45, 7) is 0.421. The van der Waals surface area contributed by atoms with Crippen molar-refractivity contribution in [2.45, 2.75) is 6.42 Å². The molecular formula is C11H14O5S. The van der Waals surface area contributed by atoms with Gasteiger partial charge in [0.25, 0.3) is 10.1 Å². The van der Waals surface area contributed by atoms with Gasteiger partial charge in [0.2, 0.25) is 0 Å². The monoisotopic (exact) mass is 258 g/mol. The molecule has 1 rings (SSSR count). The molecule has 6 heteroatoms. The Hall–Kier alpha value is -1.40. The highest BCUT2D eigenvalue weighted by Crippen LogP contribution is 2.12. The van der Waals surface area contributed by atoms with E-state index in [1.54, 1.807) is 24.3 Å². The summed E-state index contributed by atoms with van der Waals surface area (Å²) in [6.07, 6.45) is 2.19. The summed E-state index contributed by atoms with van der Waals surface area (Å²) in [5.74, 6) is 0.578. The van der Waals surface area contributed by atoms with Gasteiger partial charge in [-0.25, -0.2) is 0 Å². The summed E-state index contributed by atoms with van der Waals surface area (Å²) < 4.78 is 31.2. The lowest BCUT2D eigenvalue weighted by Crippen LogP contribution is -2.07. The summed E-state index contributed by atoms with van der Waals surface area (Å²) in [5, 5.41) is 0. The molecule has 0 N–H and O–H groups in total. The van der Waals surface area contributed by atoms with Gasteiger partial charge in [-0.15, -0.1) is 0 Å². The molecular weight excluding hydrogens is 244 g/mol. The molecule has 94 valence electrons. The molecule has 1 aromatic carbocycles. The number of aldehydes is 1. The van der Waals surface area contributed by atoms with E-state index in [0.717, 1.165) is 12.5 Å². The van der Waals surface area contributed by atoms with Crippen LogP contribution in [0.2, 0.25) is 0 Å². The molecule has 0 atom stereocenters. The Labute approximate surface area is 100 Å². The van der Waals surface area contributed by atoms with Gasteiger partial charge >= 0.3 is 0 Å². The summed E-state index contributed by atoms with van der Waals surface area (Å²) in [5.41, 5.74) is 0.537. The Bertz CT molecular complexity index is 467. The van der Waals surface area contributed by atoms with Crippen LogP contribution in [-0.2, 0) is 14.3 Å². The third-order valence-electron chi connectivity index (χ3n) is 1.85. The van der Waals surface area contributed by atoms with Crippen LogP contribution in [0.15, 0.2) is 24.3 Å². The first-order chi connectivity index (χ1) is 8.01. The second-order valence-electron chi connectivity index (χ2n) is 3.42. The van der Waals surface area contributed by atoms with Crippen LogP contribution in [0, 0.1) is 0 Å². The van der Waals surface area contributed by atoms with Crippen LogP contribution < -0.4 is 4.74 Å². The second kappa shape index (κ2) is 6.36. The minimum atomic E-state index is -3.38. The molecule has 0 aliphatic heterocycles. The van der Waals surface area contributed by atoms with Crippen LogP contribution in [0.5, 0.6) is 5.75 Å². The van der Waals surface area contributed by atoms with E-state index >= 15 is 0 Å². The molecule has 0 bridgehead atoms. The van der Waals surface area contributed by atoms with Gasteiger partial charge in [0.15, 0.2) is 0 Å². The standard InChI is InChI=1S/C11H14O5S/c1-17(13,14)16-7-3-6-15-11-5-2-4-10(8-11)9-12/h2,4-5,8-9H,3,6-7H2,1H3. The minimum absolute atomic E-state index is 0.0895. The summed E-state index contributed by atoms with van der Waals surface area (Å²) in [6, 6.07) is 6.73. The van der Waals surface area contributed by atoms with E-state index in [2.05, 4.69) is 4.18 Å². The fourth-order valence-electron chi connectivity index (χ4n) is 1.14. The number of carbonyl (C=O) groups excluding carboxylic acids is 1. The number of benzene rings is 1. The lowest BCUT2D eigenvalue weighted by molar-refractivity contribution is 0.112. The first-order valence-electron chi connectivity index (χ1n) is 5.04. The second-order valence-corrected chi connectivity index (χ2v) is 5.06. The molecule has 0 aromatic heterocycles. The third-order valence-corrected chi connectivity index (χ3v) is 2.44. The largest absolute Gasteiger partial charge is 0.493 e. The Kier molecular flexibility index (Phi) is 5.11. The molecule has 0 amide bonds. The molecule has 0 aliphatic carbocycles. The van der Waals surface area contributed by atoms with Crippen LogP contribution >= 0.6 is 0 Å². The van der Waals surface area contributed by atoms with Crippen molar-refractivity contribution in [1.29, 1.82) is 0 Å². The van der Waals surface area contributed by atoms with Crippen LogP contribution in [0.4, 0.5) is 0 Å². The number of rotatable bonds is 7. The van der Waals surface area contributed by atoms with E-state index in [9.17, 15) is 13.2 Å². The van der Waals surface area contributed by atoms with E-state index in [1.807, 2.05) is 0 Å². The predicted octanol–water partition coefficient (Wildman–Crippen LogP) is 1.24. The lowest BCUT2D eigenvalue weighted by Gasteiger charge is -2.06. The van der Waals surface area contributed by atoms with Crippen molar-refractivity contribution in [3.05, 3.63) is 29.8 Å². The average Bonchev–Trinajstić information content (AvgIpc) is 2.27. The fraction of sp³-hybridized carbons (Fsp3) is 0.364. The SMILES string of the molecule is CS(=O)(=O)OCCCOc1cccc(C=O)c1. The van der Waals surface area contributed by atoms with Gasteiger partial charge in [-0.2, -0.15) is 8.42 Å². The fourth-order valence-corrected chi connectivity index (χ4v) is 1.56. The van der Waals surface area contributed by atoms with Crippen molar-refractivity contribution >= 4 is 16.4 Å². The van der Waals surface area contributed by atoms with Gasteiger partial charge in [0, 0.05) is 12.0 Å². The molecule has 5 nitrogen and oxygen atoms in total. The Morgan fingerprint density at radius 1 is 1.29 bits per heavy atom. The Morgan fingerprint density at radius 2 is 2.06 bits per heavy atom. The number of carbonyl (C=O) groups is 1. The molecule has 17 heavy (non-hydrogen) atoms. The van der Waals surface area contributed by atoms with E-state index in [-0.39, 0.29) is 6.61 Å². The highest BCUT2D eigenvalue weighted by molar-refractivity contribution is 7.85. The van der Waals surface area contributed by atoms with Gasteiger partial charge in [-0.1, -0.05) is 12.1 Å². The minimum Gasteiger partial charge on any atom is -0.493 e. The Balaban J connectivity index is 2.29. The van der Waals surface area contributed by atoms with E-state index in [1.165, 1.54) is 0 Å². The topological polar surface area (TPSA) is 69.7 Å². The maximum absolute atomic E-state index is 10.6. The highest BCUT2D eigenvalue weighted by atomic mass is 32.2. The van der Waals surface area contributed by atoms with E-state index in [0.29, 0.717) is 24.3 Å². The van der Waals surface area contributed by atoms with Crippen molar-refractivity contribution in [2.24, 2.45) is 0 Å². The van der Waals surface area contributed by atoms with E-state index in [4.69, 9.17) is 4.74 Å². The first kappa shape index (κ1) is 13.7. The van der Waals surface area contributed by atoms with Gasteiger partial charge in [0.05, 0.1) is 19.5 Å². The average molecular weight is 258 g/mol. The molecule has 0 radical (unpaired) electrons. The number of ether oxygens (including phenoxy) is 1. The highest BCUT2D eigenvalue weighted by Gasteiger charge is 2.01. The molecule has 1 aromatic rings. The van der Waals surface area contributed by atoms with Crippen molar-refractivity contribution in [2.75, 3.05) is 19.5 Å². The van der Waals surface area contributed by atoms with Gasteiger partial charge in [-0.05, 0) is 12.1 Å². The first-order valence-corrected chi connectivity index (χ1v) is 6.85. The van der Waals surface area contributed by atoms with Crippen molar-refractivity contribution in [3.63, 3.8) is 0 Å². The van der Waals surface area contributed by atoms with Crippen LogP contribution in [0.3, 0.4) is 0 Å². The van der Waals surface area contributed by atoms with Gasteiger partial charge < -0.3 is 4.74 Å². The molecule has 0 saturated carbocycles.